The minimum atomic E-state index is -1.04. The molecule has 4 nitrogen and oxygen atoms in total. The largest absolute Gasteiger partial charge is 0.476 e. The Morgan fingerprint density at radius 1 is 0.900 bits per heavy atom. The third-order valence-electron chi connectivity index (χ3n) is 3.02. The highest BCUT2D eigenvalue weighted by molar-refractivity contribution is 5.94. The third kappa shape index (κ3) is 2.19. The van der Waals surface area contributed by atoms with Gasteiger partial charge in [-0.25, -0.2) is 9.78 Å². The first-order chi connectivity index (χ1) is 9.75. The summed E-state index contributed by atoms with van der Waals surface area (Å²) < 4.78 is 0. The number of H-pyrrole nitrogens is 1. The molecule has 0 bridgehead atoms. The molecule has 0 saturated heterocycles. The summed E-state index contributed by atoms with van der Waals surface area (Å²) in [5, 5.41) is 9.30. The maximum Gasteiger partial charge on any atom is 0.356 e. The van der Waals surface area contributed by atoms with Gasteiger partial charge in [0.1, 0.15) is 5.82 Å². The summed E-state index contributed by atoms with van der Waals surface area (Å²) in [6.07, 6.45) is 0. The Labute approximate surface area is 115 Å². The van der Waals surface area contributed by atoms with E-state index in [0.717, 1.165) is 11.1 Å². The quantitative estimate of drug-likeness (QED) is 0.761. The van der Waals surface area contributed by atoms with Gasteiger partial charge in [-0.3, -0.25) is 0 Å². The van der Waals surface area contributed by atoms with Gasteiger partial charge < -0.3 is 10.1 Å². The molecule has 0 aliphatic heterocycles. The van der Waals surface area contributed by atoms with Crippen molar-refractivity contribution in [2.24, 2.45) is 0 Å². The molecule has 0 aliphatic rings. The van der Waals surface area contributed by atoms with Crippen molar-refractivity contribution in [1.29, 1.82) is 0 Å². The molecule has 2 aromatic carbocycles. The van der Waals surface area contributed by atoms with Gasteiger partial charge in [0.2, 0.25) is 0 Å². The van der Waals surface area contributed by atoms with Gasteiger partial charge in [-0.15, -0.1) is 0 Å². The number of aromatic nitrogens is 2. The molecule has 0 spiro atoms. The van der Waals surface area contributed by atoms with Crippen molar-refractivity contribution in [2.75, 3.05) is 0 Å². The predicted octanol–water partition coefficient (Wildman–Crippen LogP) is 3.44. The lowest BCUT2D eigenvalue weighted by Gasteiger charge is -1.98. The van der Waals surface area contributed by atoms with E-state index in [1.54, 1.807) is 0 Å². The first-order valence-electron chi connectivity index (χ1n) is 6.20. The van der Waals surface area contributed by atoms with E-state index in [1.807, 2.05) is 60.7 Å². The van der Waals surface area contributed by atoms with Gasteiger partial charge in [0, 0.05) is 11.1 Å². The SMILES string of the molecule is O=C(O)c1nc(-c2ccccc2)[nH]c1-c1ccccc1. The molecule has 0 radical (unpaired) electrons. The van der Waals surface area contributed by atoms with Crippen LogP contribution in [0.1, 0.15) is 10.5 Å². The third-order valence-corrected chi connectivity index (χ3v) is 3.02. The van der Waals surface area contributed by atoms with E-state index in [0.29, 0.717) is 11.5 Å². The summed E-state index contributed by atoms with van der Waals surface area (Å²) in [5.74, 6) is -0.482. The van der Waals surface area contributed by atoms with E-state index in [1.165, 1.54) is 0 Å². The minimum absolute atomic E-state index is 0.0371. The van der Waals surface area contributed by atoms with Crippen LogP contribution in [-0.4, -0.2) is 21.0 Å². The molecule has 2 N–H and O–H groups in total. The van der Waals surface area contributed by atoms with E-state index in [2.05, 4.69) is 9.97 Å². The van der Waals surface area contributed by atoms with Crippen LogP contribution in [0.2, 0.25) is 0 Å². The fourth-order valence-corrected chi connectivity index (χ4v) is 2.07. The Hall–Kier alpha value is -2.88. The van der Waals surface area contributed by atoms with Crippen LogP contribution >= 0.6 is 0 Å². The minimum Gasteiger partial charge on any atom is -0.476 e. The zero-order chi connectivity index (χ0) is 13.9. The van der Waals surface area contributed by atoms with Crippen molar-refractivity contribution < 1.29 is 9.90 Å². The number of hydrogen-bond donors (Lipinski definition) is 2. The number of benzene rings is 2. The number of aromatic amines is 1. The molecule has 1 heterocycles. The van der Waals surface area contributed by atoms with Crippen LogP contribution in [0.25, 0.3) is 22.6 Å². The molecule has 4 heteroatoms. The summed E-state index contributed by atoms with van der Waals surface area (Å²) in [5.41, 5.74) is 2.23. The van der Waals surface area contributed by atoms with Gasteiger partial charge in [-0.05, 0) is 0 Å². The van der Waals surface area contributed by atoms with Gasteiger partial charge in [0.15, 0.2) is 5.69 Å². The summed E-state index contributed by atoms with van der Waals surface area (Å²) in [6, 6.07) is 18.8. The van der Waals surface area contributed by atoms with Crippen molar-refractivity contribution in [3.05, 3.63) is 66.4 Å². The maximum absolute atomic E-state index is 11.4. The second kappa shape index (κ2) is 5.01. The number of imidazole rings is 1. The Morgan fingerprint density at radius 2 is 1.45 bits per heavy atom. The molecule has 1 aromatic heterocycles. The summed E-state index contributed by atoms with van der Waals surface area (Å²) in [7, 11) is 0. The van der Waals surface area contributed by atoms with E-state index in [9.17, 15) is 9.90 Å². The number of carboxylic acids is 1. The zero-order valence-electron chi connectivity index (χ0n) is 10.6. The average Bonchev–Trinajstić information content (AvgIpc) is 2.94. The Balaban J connectivity index is 2.15. The molecule has 0 fully saturated rings. The van der Waals surface area contributed by atoms with Crippen molar-refractivity contribution in [3.63, 3.8) is 0 Å². The molecule has 0 amide bonds. The molecule has 3 rings (SSSR count). The standard InChI is InChI=1S/C16H12N2O2/c19-16(20)14-13(11-7-3-1-4-8-11)17-15(18-14)12-9-5-2-6-10-12/h1-10H,(H,17,18)(H,19,20). The lowest BCUT2D eigenvalue weighted by molar-refractivity contribution is 0.0692. The summed E-state index contributed by atoms with van der Waals surface area (Å²) in [4.78, 5) is 18.7. The van der Waals surface area contributed by atoms with Crippen molar-refractivity contribution in [1.82, 2.24) is 9.97 Å². The van der Waals surface area contributed by atoms with Crippen LogP contribution in [-0.2, 0) is 0 Å². The van der Waals surface area contributed by atoms with Crippen molar-refractivity contribution in [2.45, 2.75) is 0 Å². The smallest absolute Gasteiger partial charge is 0.356 e. The summed E-state index contributed by atoms with van der Waals surface area (Å²) >= 11 is 0. The number of rotatable bonds is 3. The summed E-state index contributed by atoms with van der Waals surface area (Å²) in [6.45, 7) is 0. The molecule has 3 aromatic rings. The topological polar surface area (TPSA) is 66.0 Å². The van der Waals surface area contributed by atoms with Crippen LogP contribution in [0.5, 0.6) is 0 Å². The highest BCUT2D eigenvalue weighted by Crippen LogP contribution is 2.25. The number of carbonyl (C=O) groups is 1. The number of nitrogens with zero attached hydrogens (tertiary/aromatic N) is 1. The van der Waals surface area contributed by atoms with Crippen LogP contribution in [0.15, 0.2) is 60.7 Å². The maximum atomic E-state index is 11.4. The molecule has 0 saturated carbocycles. The van der Waals surface area contributed by atoms with E-state index >= 15 is 0 Å². The van der Waals surface area contributed by atoms with Crippen LogP contribution in [0.3, 0.4) is 0 Å². The Kier molecular flexibility index (Phi) is 3.05. The van der Waals surface area contributed by atoms with Gasteiger partial charge in [0.25, 0.3) is 0 Å². The van der Waals surface area contributed by atoms with Crippen LogP contribution < -0.4 is 0 Å². The number of carboxylic acid groups (broad SMARTS) is 1. The van der Waals surface area contributed by atoms with Crippen molar-refractivity contribution >= 4 is 5.97 Å². The lowest BCUT2D eigenvalue weighted by atomic mass is 10.1. The van der Waals surface area contributed by atoms with Gasteiger partial charge in [-0.1, -0.05) is 60.7 Å². The highest BCUT2D eigenvalue weighted by Gasteiger charge is 2.18. The second-order valence-electron chi connectivity index (χ2n) is 4.35. The first kappa shape index (κ1) is 12.2. The predicted molar refractivity (Wildman–Crippen MR) is 76.4 cm³/mol. The monoisotopic (exact) mass is 264 g/mol. The van der Waals surface area contributed by atoms with E-state index in [-0.39, 0.29) is 5.69 Å². The van der Waals surface area contributed by atoms with Gasteiger partial charge >= 0.3 is 5.97 Å². The Bertz CT molecular complexity index is 734. The zero-order valence-corrected chi connectivity index (χ0v) is 10.6. The number of hydrogen-bond acceptors (Lipinski definition) is 2. The molecule has 20 heavy (non-hydrogen) atoms. The first-order valence-corrected chi connectivity index (χ1v) is 6.20. The van der Waals surface area contributed by atoms with E-state index < -0.39 is 5.97 Å². The fraction of sp³-hybridized carbons (Fsp3) is 0. The molecular formula is C16H12N2O2. The van der Waals surface area contributed by atoms with Crippen LogP contribution in [0, 0.1) is 0 Å². The average molecular weight is 264 g/mol. The second-order valence-corrected chi connectivity index (χ2v) is 4.35. The molecule has 98 valence electrons. The van der Waals surface area contributed by atoms with Crippen molar-refractivity contribution in [3.8, 4) is 22.6 Å². The van der Waals surface area contributed by atoms with Gasteiger partial charge in [0.05, 0.1) is 5.69 Å². The van der Waals surface area contributed by atoms with E-state index in [4.69, 9.17) is 0 Å². The number of aromatic carboxylic acids is 1. The molecule has 0 atom stereocenters. The normalized spacial score (nSPS) is 10.4. The highest BCUT2D eigenvalue weighted by atomic mass is 16.4. The van der Waals surface area contributed by atoms with Crippen LogP contribution in [0.4, 0.5) is 0 Å². The Morgan fingerprint density at radius 3 is 2.00 bits per heavy atom. The lowest BCUT2D eigenvalue weighted by Crippen LogP contribution is -1.99. The number of nitrogens with one attached hydrogen (secondary N) is 1. The van der Waals surface area contributed by atoms with Gasteiger partial charge in [-0.2, -0.15) is 0 Å². The molecular weight excluding hydrogens is 252 g/mol. The fourth-order valence-electron chi connectivity index (χ4n) is 2.07. The molecule has 0 aliphatic carbocycles. The molecule has 0 unspecified atom stereocenters.